The lowest BCUT2D eigenvalue weighted by Gasteiger charge is -2.09. The summed E-state index contributed by atoms with van der Waals surface area (Å²) in [6.07, 6.45) is 15.5. The summed E-state index contributed by atoms with van der Waals surface area (Å²) in [6, 6.07) is 0. The first kappa shape index (κ1) is 46.6. The van der Waals surface area contributed by atoms with E-state index in [1.54, 1.807) is 0 Å². The Hall–Kier alpha value is -0.440. The minimum absolute atomic E-state index is 0.528. The van der Waals surface area contributed by atoms with Crippen LogP contribution in [0.3, 0.4) is 0 Å². The first-order valence-corrected chi connectivity index (χ1v) is 18.8. The maximum atomic E-state index is 5.63. The molecule has 0 atom stereocenters. The van der Waals surface area contributed by atoms with Crippen molar-refractivity contribution in [2.75, 3.05) is 145 Å². The van der Waals surface area contributed by atoms with Gasteiger partial charge < -0.3 is 52.1 Å². The zero-order valence-corrected chi connectivity index (χ0v) is 30.5. The van der Waals surface area contributed by atoms with Crippen molar-refractivity contribution in [3.8, 4) is 0 Å². The first-order valence-electron chi connectivity index (χ1n) is 18.8. The predicted molar refractivity (Wildman–Crippen MR) is 186 cm³/mol. The van der Waals surface area contributed by atoms with Crippen LogP contribution >= 0.6 is 0 Å². The van der Waals surface area contributed by atoms with Gasteiger partial charge in [0.15, 0.2) is 0 Å². The maximum absolute atomic E-state index is 5.63. The van der Waals surface area contributed by atoms with E-state index >= 15 is 0 Å². The number of hydrogen-bond acceptors (Lipinski definition) is 11. The van der Waals surface area contributed by atoms with Crippen molar-refractivity contribution in [2.24, 2.45) is 0 Å². The van der Waals surface area contributed by atoms with Gasteiger partial charge in [-0.05, 0) is 12.8 Å². The fourth-order valence-corrected chi connectivity index (χ4v) is 4.27. The monoisotopic (exact) mass is 683 g/mol. The average Bonchev–Trinajstić information content (AvgIpc) is 3.08. The second-order valence-electron chi connectivity index (χ2n) is 11.3. The minimum Gasteiger partial charge on any atom is -0.379 e. The lowest BCUT2D eigenvalue weighted by molar-refractivity contribution is -0.0275. The van der Waals surface area contributed by atoms with Crippen LogP contribution in [-0.4, -0.2) is 145 Å². The largest absolute Gasteiger partial charge is 0.379 e. The van der Waals surface area contributed by atoms with Crippen molar-refractivity contribution in [1.29, 1.82) is 0 Å². The van der Waals surface area contributed by atoms with Crippen LogP contribution < -0.4 is 0 Å². The van der Waals surface area contributed by atoms with Crippen LogP contribution in [0.15, 0.2) is 0 Å². The lowest BCUT2D eigenvalue weighted by atomic mass is 10.1. The zero-order chi connectivity index (χ0) is 33.8. The Kier molecular flexibility index (Phi) is 45.1. The van der Waals surface area contributed by atoms with Gasteiger partial charge in [0.2, 0.25) is 0 Å². The highest BCUT2D eigenvalue weighted by molar-refractivity contribution is 4.46. The van der Waals surface area contributed by atoms with Crippen molar-refractivity contribution >= 4 is 0 Å². The van der Waals surface area contributed by atoms with Gasteiger partial charge in [-0.25, -0.2) is 0 Å². The topological polar surface area (TPSA) is 102 Å². The van der Waals surface area contributed by atoms with Crippen molar-refractivity contribution < 1.29 is 52.1 Å². The van der Waals surface area contributed by atoms with Crippen molar-refractivity contribution in [1.82, 2.24) is 0 Å². The van der Waals surface area contributed by atoms with E-state index in [9.17, 15) is 0 Å². The minimum atomic E-state index is 0.528. The standard InChI is InChI=1S/C36H74O11/c1-3-5-7-9-10-11-12-14-16-38-18-20-40-22-24-42-26-28-44-30-32-46-34-36-47-35-33-45-31-29-43-27-25-41-23-21-39-19-17-37-15-13-8-6-4-2/h3-36H2,1-2H3. The molecule has 0 unspecified atom stereocenters. The van der Waals surface area contributed by atoms with E-state index in [-0.39, 0.29) is 0 Å². The molecule has 0 radical (unpaired) electrons. The van der Waals surface area contributed by atoms with Crippen LogP contribution in [0.4, 0.5) is 0 Å². The first-order chi connectivity index (χ1) is 23.4. The van der Waals surface area contributed by atoms with E-state index in [0.29, 0.717) is 132 Å². The molecule has 0 N–H and O–H groups in total. The summed E-state index contributed by atoms with van der Waals surface area (Å²) in [6.45, 7) is 17.3. The second kappa shape index (κ2) is 45.6. The molecule has 0 aliphatic carbocycles. The summed E-state index contributed by atoms with van der Waals surface area (Å²) in [7, 11) is 0. The summed E-state index contributed by atoms with van der Waals surface area (Å²) in [5.74, 6) is 0. The third-order valence-electron chi connectivity index (χ3n) is 7.00. The molecule has 0 aliphatic rings. The number of rotatable bonds is 44. The molecular formula is C36H74O11. The van der Waals surface area contributed by atoms with Gasteiger partial charge in [0, 0.05) is 13.2 Å². The summed E-state index contributed by atoms with van der Waals surface area (Å²) in [4.78, 5) is 0. The van der Waals surface area contributed by atoms with Crippen LogP contribution in [0.2, 0.25) is 0 Å². The Morgan fingerprint density at radius 1 is 0.170 bits per heavy atom. The highest BCUT2D eigenvalue weighted by Gasteiger charge is 1.97. The van der Waals surface area contributed by atoms with Crippen LogP contribution in [0, 0.1) is 0 Å². The highest BCUT2D eigenvalue weighted by Crippen LogP contribution is 2.08. The zero-order valence-electron chi connectivity index (χ0n) is 30.5. The van der Waals surface area contributed by atoms with Crippen LogP contribution in [0.1, 0.15) is 90.9 Å². The van der Waals surface area contributed by atoms with E-state index in [2.05, 4.69) is 13.8 Å². The fourth-order valence-electron chi connectivity index (χ4n) is 4.27. The molecule has 0 bridgehead atoms. The van der Waals surface area contributed by atoms with E-state index in [0.717, 1.165) is 26.1 Å². The summed E-state index contributed by atoms with van der Waals surface area (Å²) >= 11 is 0. The molecule has 0 amide bonds. The molecule has 11 heteroatoms. The average molecular weight is 683 g/mol. The van der Waals surface area contributed by atoms with E-state index in [1.165, 1.54) is 64.2 Å². The lowest BCUT2D eigenvalue weighted by Crippen LogP contribution is -2.15. The molecule has 0 saturated carbocycles. The quantitative estimate of drug-likeness (QED) is 0.0720. The molecule has 0 heterocycles. The van der Waals surface area contributed by atoms with Gasteiger partial charge in [-0.1, -0.05) is 78.1 Å². The van der Waals surface area contributed by atoms with Gasteiger partial charge in [-0.2, -0.15) is 0 Å². The van der Waals surface area contributed by atoms with Crippen molar-refractivity contribution in [3.63, 3.8) is 0 Å². The molecule has 0 fully saturated rings. The summed E-state index contributed by atoms with van der Waals surface area (Å²) in [5, 5.41) is 0. The maximum Gasteiger partial charge on any atom is 0.0701 e. The summed E-state index contributed by atoms with van der Waals surface area (Å²) in [5.41, 5.74) is 0. The highest BCUT2D eigenvalue weighted by atomic mass is 16.6. The van der Waals surface area contributed by atoms with Gasteiger partial charge in [-0.15, -0.1) is 0 Å². The Morgan fingerprint density at radius 3 is 0.532 bits per heavy atom. The second-order valence-corrected chi connectivity index (χ2v) is 11.3. The molecular weight excluding hydrogens is 608 g/mol. The number of unbranched alkanes of at least 4 members (excludes halogenated alkanes) is 10. The SMILES string of the molecule is CCCCCCCCCCOCCOCCOCCOCCOCCOCCOCCOCCOCCOCCOCCCCCC. The van der Waals surface area contributed by atoms with E-state index in [4.69, 9.17) is 52.1 Å². The molecule has 0 aromatic heterocycles. The third-order valence-corrected chi connectivity index (χ3v) is 7.00. The number of hydrogen-bond donors (Lipinski definition) is 0. The molecule has 0 aliphatic heterocycles. The van der Waals surface area contributed by atoms with Gasteiger partial charge >= 0.3 is 0 Å². The van der Waals surface area contributed by atoms with E-state index < -0.39 is 0 Å². The fraction of sp³-hybridized carbons (Fsp3) is 1.00. The van der Waals surface area contributed by atoms with Crippen LogP contribution in [-0.2, 0) is 52.1 Å². The third kappa shape index (κ3) is 45.6. The Morgan fingerprint density at radius 2 is 0.319 bits per heavy atom. The van der Waals surface area contributed by atoms with Gasteiger partial charge in [0.1, 0.15) is 0 Å². The molecule has 47 heavy (non-hydrogen) atoms. The molecule has 0 aromatic carbocycles. The molecule has 0 aromatic rings. The molecule has 0 spiro atoms. The summed E-state index contributed by atoms with van der Waals surface area (Å²) < 4.78 is 60.7. The smallest absolute Gasteiger partial charge is 0.0701 e. The van der Waals surface area contributed by atoms with Crippen LogP contribution in [0.25, 0.3) is 0 Å². The Bertz CT molecular complexity index is 487. The molecule has 0 saturated heterocycles. The van der Waals surface area contributed by atoms with Crippen molar-refractivity contribution in [3.05, 3.63) is 0 Å². The van der Waals surface area contributed by atoms with E-state index in [1.807, 2.05) is 0 Å². The number of ether oxygens (including phenoxy) is 11. The predicted octanol–water partition coefficient (Wildman–Crippen LogP) is 5.89. The van der Waals surface area contributed by atoms with Gasteiger partial charge in [0.05, 0.1) is 132 Å². The Labute approximate surface area is 288 Å². The molecule has 11 nitrogen and oxygen atoms in total. The van der Waals surface area contributed by atoms with Gasteiger partial charge in [0.25, 0.3) is 0 Å². The molecule has 284 valence electrons. The van der Waals surface area contributed by atoms with Crippen LogP contribution in [0.5, 0.6) is 0 Å². The normalized spacial score (nSPS) is 11.6. The Balaban J connectivity index is 3.03. The molecule has 0 rings (SSSR count). The van der Waals surface area contributed by atoms with Gasteiger partial charge in [-0.3, -0.25) is 0 Å². The van der Waals surface area contributed by atoms with Crippen molar-refractivity contribution in [2.45, 2.75) is 90.9 Å².